The number of rotatable bonds is 3. The highest BCUT2D eigenvalue weighted by molar-refractivity contribution is 7.22. The van der Waals surface area contributed by atoms with Gasteiger partial charge in [-0.2, -0.15) is 0 Å². The standard InChI is InChI=1S/C22H18N4O5S2/c1-11-14(19(28)26(4)22(31)24(11)2)9-12-5-7-16(32-12)17-8-6-13(33-17)10-15-18(27)23-21(30)25(3)20(15)29/h5-10H,1H2,2-4H3,(H,23,27,30)/b14-9-,15-10+. The monoisotopic (exact) mass is 482 g/mol. The van der Waals surface area contributed by atoms with Gasteiger partial charge in [0.15, 0.2) is 0 Å². The lowest BCUT2D eigenvalue weighted by Gasteiger charge is -2.22. The van der Waals surface area contributed by atoms with E-state index in [-0.39, 0.29) is 5.57 Å². The summed E-state index contributed by atoms with van der Waals surface area (Å²) in [6.07, 6.45) is 3.16. The predicted octanol–water partition coefficient (Wildman–Crippen LogP) is 0.205. The van der Waals surface area contributed by atoms with E-state index in [1.54, 1.807) is 19.2 Å². The number of thiophene rings is 2. The van der Waals surface area contributed by atoms with Crippen LogP contribution in [0.25, 0.3) is 28.5 Å². The molecule has 1 aliphatic rings. The molecule has 4 amide bonds. The van der Waals surface area contributed by atoms with E-state index in [1.807, 2.05) is 18.2 Å². The second kappa shape index (κ2) is 8.26. The number of carbonyl (C=O) groups excluding carboxylic acids is 3. The molecule has 0 saturated carbocycles. The smallest absolute Gasteiger partial charge is 0.297 e. The van der Waals surface area contributed by atoms with E-state index >= 15 is 0 Å². The third kappa shape index (κ3) is 3.92. The van der Waals surface area contributed by atoms with Gasteiger partial charge in [-0.25, -0.2) is 9.59 Å². The number of amides is 4. The van der Waals surface area contributed by atoms with Crippen LogP contribution in [0.5, 0.6) is 0 Å². The molecule has 0 bridgehead atoms. The summed E-state index contributed by atoms with van der Waals surface area (Å²) >= 11 is 2.83. The number of urea groups is 1. The van der Waals surface area contributed by atoms with E-state index in [1.165, 1.54) is 47.4 Å². The molecule has 4 rings (SSSR count). The minimum atomic E-state index is -0.755. The molecular formula is C22H18N4O5S2. The van der Waals surface area contributed by atoms with E-state index in [2.05, 4.69) is 11.9 Å². The van der Waals surface area contributed by atoms with E-state index in [0.717, 1.165) is 24.1 Å². The summed E-state index contributed by atoms with van der Waals surface area (Å²) in [7, 11) is 4.29. The van der Waals surface area contributed by atoms with E-state index in [4.69, 9.17) is 0 Å². The molecule has 0 atom stereocenters. The first-order chi connectivity index (χ1) is 15.6. The second-order valence-electron chi connectivity index (χ2n) is 7.30. The lowest BCUT2D eigenvalue weighted by atomic mass is 10.1. The summed E-state index contributed by atoms with van der Waals surface area (Å²) in [6, 6.07) is 6.66. The zero-order valence-corrected chi connectivity index (χ0v) is 19.5. The lowest BCUT2D eigenvalue weighted by molar-refractivity contribution is -0.129. The Balaban J connectivity index is 1.68. The first kappa shape index (κ1) is 22.4. The average molecular weight is 483 g/mol. The summed E-state index contributed by atoms with van der Waals surface area (Å²) in [4.78, 5) is 64.6. The fourth-order valence-electron chi connectivity index (χ4n) is 3.21. The van der Waals surface area contributed by atoms with Crippen LogP contribution in [0.3, 0.4) is 0 Å². The molecule has 33 heavy (non-hydrogen) atoms. The van der Waals surface area contributed by atoms with Crippen molar-refractivity contribution in [3.63, 3.8) is 0 Å². The molecule has 11 heteroatoms. The summed E-state index contributed by atoms with van der Waals surface area (Å²) < 4.78 is 2.37. The van der Waals surface area contributed by atoms with Gasteiger partial charge >= 0.3 is 11.7 Å². The van der Waals surface area contributed by atoms with Crippen molar-refractivity contribution in [3.8, 4) is 9.75 Å². The van der Waals surface area contributed by atoms with Gasteiger partial charge in [-0.3, -0.25) is 33.7 Å². The van der Waals surface area contributed by atoms with Crippen molar-refractivity contribution >= 4 is 59.3 Å². The molecule has 1 N–H and O–H groups in total. The second-order valence-corrected chi connectivity index (χ2v) is 9.53. The quantitative estimate of drug-likeness (QED) is 0.424. The number of aromatic nitrogens is 2. The molecule has 0 spiro atoms. The Morgan fingerprint density at radius 2 is 1.42 bits per heavy atom. The maximum atomic E-state index is 12.5. The maximum Gasteiger partial charge on any atom is 0.331 e. The fraction of sp³-hybridized carbons (Fsp3) is 0.136. The molecule has 4 heterocycles. The highest BCUT2D eigenvalue weighted by Gasteiger charge is 2.33. The molecule has 3 aromatic heterocycles. The number of nitrogens with zero attached hydrogens (tertiary/aromatic N) is 3. The van der Waals surface area contributed by atoms with Crippen LogP contribution in [0.15, 0.2) is 39.4 Å². The molecule has 0 aliphatic carbocycles. The Hall–Kier alpha value is -3.83. The number of likely N-dealkylation sites (N-methyl/N-ethyl adjacent to an activating group) is 1. The van der Waals surface area contributed by atoms with Crippen LogP contribution in [0, 0.1) is 0 Å². The first-order valence-corrected chi connectivity index (χ1v) is 11.2. The van der Waals surface area contributed by atoms with Crippen molar-refractivity contribution < 1.29 is 14.4 Å². The highest BCUT2D eigenvalue weighted by atomic mass is 32.1. The van der Waals surface area contributed by atoms with E-state index in [9.17, 15) is 24.0 Å². The lowest BCUT2D eigenvalue weighted by Crippen LogP contribution is -2.56. The minimum Gasteiger partial charge on any atom is -0.297 e. The first-order valence-electron chi connectivity index (χ1n) is 9.60. The van der Waals surface area contributed by atoms with Crippen LogP contribution < -0.4 is 27.1 Å². The Morgan fingerprint density at radius 3 is 2.03 bits per heavy atom. The third-order valence-corrected chi connectivity index (χ3v) is 7.46. The topological polar surface area (TPSA) is 110 Å². The summed E-state index contributed by atoms with van der Waals surface area (Å²) in [5.74, 6) is -1.39. The third-order valence-electron chi connectivity index (χ3n) is 5.20. The number of carbonyl (C=O) groups is 3. The molecule has 168 valence electrons. The molecule has 0 aromatic carbocycles. The molecule has 1 fully saturated rings. The van der Waals surface area contributed by atoms with Crippen molar-refractivity contribution in [2.24, 2.45) is 14.1 Å². The van der Waals surface area contributed by atoms with Crippen molar-refractivity contribution in [2.75, 3.05) is 7.05 Å². The van der Waals surface area contributed by atoms with Crippen LogP contribution in [-0.4, -0.2) is 38.9 Å². The summed E-state index contributed by atoms with van der Waals surface area (Å²) in [5, 5.41) is 2.80. The largest absolute Gasteiger partial charge is 0.331 e. The van der Waals surface area contributed by atoms with Crippen molar-refractivity contribution in [2.45, 2.75) is 0 Å². The van der Waals surface area contributed by atoms with Gasteiger partial charge in [0.2, 0.25) is 0 Å². The summed E-state index contributed by atoms with van der Waals surface area (Å²) in [6.45, 7) is 3.86. The van der Waals surface area contributed by atoms with Crippen molar-refractivity contribution in [1.82, 2.24) is 19.4 Å². The van der Waals surface area contributed by atoms with Gasteiger partial charge in [-0.15, -0.1) is 22.7 Å². The van der Waals surface area contributed by atoms with Crippen LogP contribution in [0.4, 0.5) is 4.79 Å². The van der Waals surface area contributed by atoms with Gasteiger partial charge in [-0.1, -0.05) is 6.58 Å². The average Bonchev–Trinajstić information content (AvgIpc) is 3.45. The van der Waals surface area contributed by atoms with Crippen LogP contribution in [0.2, 0.25) is 0 Å². The molecule has 9 nitrogen and oxygen atoms in total. The molecule has 1 aliphatic heterocycles. The van der Waals surface area contributed by atoms with Gasteiger partial charge in [0.25, 0.3) is 17.4 Å². The van der Waals surface area contributed by atoms with Crippen LogP contribution in [-0.2, 0) is 23.7 Å². The molecular weight excluding hydrogens is 464 g/mol. The zero-order chi connectivity index (χ0) is 24.0. The van der Waals surface area contributed by atoms with Gasteiger partial charge in [0, 0.05) is 40.7 Å². The highest BCUT2D eigenvalue weighted by Crippen LogP contribution is 2.34. The van der Waals surface area contributed by atoms with Crippen molar-refractivity contribution in [3.05, 3.63) is 71.0 Å². The number of hydrogen-bond donors (Lipinski definition) is 1. The molecule has 0 unspecified atom stereocenters. The van der Waals surface area contributed by atoms with E-state index in [0.29, 0.717) is 15.4 Å². The Kier molecular flexibility index (Phi) is 5.60. The number of imide groups is 2. The fourth-order valence-corrected chi connectivity index (χ4v) is 5.21. The number of hydrogen-bond acceptors (Lipinski definition) is 7. The van der Waals surface area contributed by atoms with Gasteiger partial charge in [0.1, 0.15) is 5.57 Å². The van der Waals surface area contributed by atoms with Gasteiger partial charge < -0.3 is 0 Å². The number of nitrogens with one attached hydrogen (secondary N) is 1. The molecule has 1 saturated heterocycles. The Morgan fingerprint density at radius 1 is 0.848 bits per heavy atom. The van der Waals surface area contributed by atoms with Crippen molar-refractivity contribution in [1.29, 1.82) is 0 Å². The summed E-state index contributed by atoms with van der Waals surface area (Å²) in [5.41, 5.74) is -0.962. The molecule has 3 aromatic rings. The van der Waals surface area contributed by atoms with Gasteiger partial charge in [0.05, 0.1) is 10.6 Å². The minimum absolute atomic E-state index is 0.112. The Labute approximate surface area is 194 Å². The SMILES string of the molecule is C=c1/c(=C/c2ccc(-c3ccc(/C=C4\C(=O)NC(=O)N(C)C4=O)s3)s2)c(=O)n(C)c(=O)n1C. The van der Waals surface area contributed by atoms with Gasteiger partial charge in [-0.05, 0) is 36.4 Å². The molecule has 0 radical (unpaired) electrons. The normalized spacial score (nSPS) is 16.1. The van der Waals surface area contributed by atoms with Crippen LogP contribution >= 0.6 is 22.7 Å². The Bertz CT molecular complexity index is 1560. The van der Waals surface area contributed by atoms with E-state index < -0.39 is 29.1 Å². The number of barbiturate groups is 1. The van der Waals surface area contributed by atoms with Crippen LogP contribution in [0.1, 0.15) is 9.75 Å². The maximum absolute atomic E-state index is 12.5. The predicted molar refractivity (Wildman–Crippen MR) is 127 cm³/mol. The zero-order valence-electron chi connectivity index (χ0n) is 17.9.